The number of aryl methyl sites for hydroxylation is 2. The molecule has 0 radical (unpaired) electrons. The van der Waals surface area contributed by atoms with Gasteiger partial charge in [-0.15, -0.1) is 0 Å². The van der Waals surface area contributed by atoms with Gasteiger partial charge in [-0.25, -0.2) is 0 Å². The lowest BCUT2D eigenvalue weighted by Gasteiger charge is -2.18. The molecule has 4 nitrogen and oxygen atoms in total. The number of hydrogen-bond donors (Lipinski definition) is 0. The summed E-state index contributed by atoms with van der Waals surface area (Å²) in [5, 5.41) is 2.59. The molecule has 4 aromatic rings. The van der Waals surface area contributed by atoms with Gasteiger partial charge in [-0.1, -0.05) is 35.9 Å². The van der Waals surface area contributed by atoms with E-state index in [0.717, 1.165) is 44.8 Å². The van der Waals surface area contributed by atoms with Gasteiger partial charge in [0.05, 0.1) is 5.52 Å². The summed E-state index contributed by atoms with van der Waals surface area (Å²) in [6.45, 7) is 4.03. The van der Waals surface area contributed by atoms with E-state index in [0.29, 0.717) is 11.1 Å². The smallest absolute Gasteiger partial charge is 0.258 e. The standard InChI is InChI=1S/C23H20N2O2/c1-14-7-8-17-19(13-14)23(27)25(3)20(10-12-26)21(17)18-6-4-5-16-15(2)9-11-24-22(16)18/h4-9,11-13H,10H2,1-3H3. The summed E-state index contributed by atoms with van der Waals surface area (Å²) in [6, 6.07) is 13.9. The zero-order valence-corrected chi connectivity index (χ0v) is 15.6. The van der Waals surface area contributed by atoms with Crippen molar-refractivity contribution in [2.24, 2.45) is 7.05 Å². The summed E-state index contributed by atoms with van der Waals surface area (Å²) in [5.74, 6) is 0. The van der Waals surface area contributed by atoms with Crippen molar-refractivity contribution in [1.29, 1.82) is 0 Å². The van der Waals surface area contributed by atoms with Crippen LogP contribution >= 0.6 is 0 Å². The molecule has 0 saturated heterocycles. The van der Waals surface area contributed by atoms with E-state index in [4.69, 9.17) is 0 Å². The monoisotopic (exact) mass is 356 g/mol. The summed E-state index contributed by atoms with van der Waals surface area (Å²) in [5.41, 5.74) is 5.52. The molecule has 0 aliphatic rings. The van der Waals surface area contributed by atoms with Crippen LogP contribution in [0.15, 0.2) is 53.5 Å². The van der Waals surface area contributed by atoms with Crippen LogP contribution < -0.4 is 5.56 Å². The Bertz CT molecular complexity index is 1270. The predicted molar refractivity (Wildman–Crippen MR) is 109 cm³/mol. The van der Waals surface area contributed by atoms with Gasteiger partial charge in [-0.3, -0.25) is 9.78 Å². The van der Waals surface area contributed by atoms with Gasteiger partial charge in [0.15, 0.2) is 0 Å². The van der Waals surface area contributed by atoms with Gasteiger partial charge in [0.2, 0.25) is 0 Å². The zero-order chi connectivity index (χ0) is 19.1. The highest BCUT2D eigenvalue weighted by Crippen LogP contribution is 2.35. The maximum absolute atomic E-state index is 12.9. The lowest BCUT2D eigenvalue weighted by molar-refractivity contribution is -0.107. The lowest BCUT2D eigenvalue weighted by atomic mass is 9.92. The Morgan fingerprint density at radius 1 is 1.04 bits per heavy atom. The van der Waals surface area contributed by atoms with Crippen molar-refractivity contribution in [2.75, 3.05) is 0 Å². The molecule has 0 saturated carbocycles. The molecule has 0 bridgehead atoms. The van der Waals surface area contributed by atoms with Crippen LogP contribution in [-0.2, 0) is 18.3 Å². The summed E-state index contributed by atoms with van der Waals surface area (Å²) < 4.78 is 1.60. The number of para-hydroxylation sites is 1. The number of aldehydes is 1. The maximum Gasteiger partial charge on any atom is 0.258 e. The van der Waals surface area contributed by atoms with Gasteiger partial charge in [0, 0.05) is 47.3 Å². The first-order valence-corrected chi connectivity index (χ1v) is 8.93. The molecule has 0 aliphatic heterocycles. The molecule has 0 unspecified atom stereocenters. The van der Waals surface area contributed by atoms with Crippen LogP contribution in [0, 0.1) is 13.8 Å². The fourth-order valence-electron chi connectivity index (χ4n) is 3.81. The second kappa shape index (κ2) is 6.47. The molecule has 0 spiro atoms. The minimum Gasteiger partial charge on any atom is -0.314 e. The number of nitrogens with zero attached hydrogens (tertiary/aromatic N) is 2. The second-order valence-corrected chi connectivity index (χ2v) is 6.94. The van der Waals surface area contributed by atoms with E-state index < -0.39 is 0 Å². The second-order valence-electron chi connectivity index (χ2n) is 6.94. The number of pyridine rings is 2. The van der Waals surface area contributed by atoms with Crippen LogP contribution in [0.3, 0.4) is 0 Å². The third-order valence-electron chi connectivity index (χ3n) is 5.21. The largest absolute Gasteiger partial charge is 0.314 e. The summed E-state index contributed by atoms with van der Waals surface area (Å²) in [4.78, 5) is 28.9. The van der Waals surface area contributed by atoms with Gasteiger partial charge < -0.3 is 9.36 Å². The first-order chi connectivity index (χ1) is 13.0. The molecule has 0 N–H and O–H groups in total. The van der Waals surface area contributed by atoms with Crippen molar-refractivity contribution in [2.45, 2.75) is 20.3 Å². The van der Waals surface area contributed by atoms with Crippen LogP contribution in [-0.4, -0.2) is 15.8 Å². The van der Waals surface area contributed by atoms with Crippen molar-refractivity contribution >= 4 is 28.0 Å². The number of carbonyl (C=O) groups is 1. The van der Waals surface area contributed by atoms with Crippen LogP contribution in [0.25, 0.3) is 32.8 Å². The summed E-state index contributed by atoms with van der Waals surface area (Å²) in [6.07, 6.45) is 2.82. The normalized spacial score (nSPS) is 11.2. The summed E-state index contributed by atoms with van der Waals surface area (Å²) in [7, 11) is 1.73. The fraction of sp³-hybridized carbons (Fsp3) is 0.174. The quantitative estimate of drug-likeness (QED) is 0.519. The van der Waals surface area contributed by atoms with Gasteiger partial charge >= 0.3 is 0 Å². The Balaban J connectivity index is 2.24. The summed E-state index contributed by atoms with van der Waals surface area (Å²) >= 11 is 0. The number of carbonyl (C=O) groups excluding carboxylic acids is 1. The van der Waals surface area contributed by atoms with E-state index in [1.807, 2.05) is 43.3 Å². The zero-order valence-electron chi connectivity index (χ0n) is 15.6. The minimum atomic E-state index is -0.0846. The minimum absolute atomic E-state index is 0.0846. The van der Waals surface area contributed by atoms with Crippen LogP contribution in [0.5, 0.6) is 0 Å². The highest BCUT2D eigenvalue weighted by Gasteiger charge is 2.18. The van der Waals surface area contributed by atoms with Crippen molar-refractivity contribution in [1.82, 2.24) is 9.55 Å². The Kier molecular flexibility index (Phi) is 4.11. The molecule has 2 heterocycles. The first-order valence-electron chi connectivity index (χ1n) is 8.93. The van der Waals surface area contributed by atoms with Crippen molar-refractivity contribution in [3.05, 3.63) is 75.8 Å². The van der Waals surface area contributed by atoms with E-state index in [1.165, 1.54) is 0 Å². The maximum atomic E-state index is 12.9. The molecule has 0 amide bonds. The number of aromatic nitrogens is 2. The molecule has 134 valence electrons. The Labute approximate surface area is 157 Å². The molecule has 2 aromatic heterocycles. The Hall–Kier alpha value is -3.27. The highest BCUT2D eigenvalue weighted by atomic mass is 16.1. The number of fused-ring (bicyclic) bond motifs is 2. The van der Waals surface area contributed by atoms with Crippen LogP contribution in [0.4, 0.5) is 0 Å². The highest BCUT2D eigenvalue weighted by molar-refractivity contribution is 6.05. The molecular weight excluding hydrogens is 336 g/mol. The van der Waals surface area contributed by atoms with E-state index in [1.54, 1.807) is 17.8 Å². The van der Waals surface area contributed by atoms with Crippen LogP contribution in [0.2, 0.25) is 0 Å². The molecule has 0 aliphatic carbocycles. The Morgan fingerprint density at radius 2 is 1.85 bits per heavy atom. The van der Waals surface area contributed by atoms with Gasteiger partial charge in [0.1, 0.15) is 6.29 Å². The SMILES string of the molecule is Cc1ccc2c(-c3cccc4c(C)ccnc34)c(CC=O)n(C)c(=O)c2c1. The first kappa shape index (κ1) is 17.2. The number of benzene rings is 2. The number of hydrogen-bond acceptors (Lipinski definition) is 3. The van der Waals surface area contributed by atoms with Gasteiger partial charge in [-0.05, 0) is 36.9 Å². The van der Waals surface area contributed by atoms with Gasteiger partial charge in [-0.2, -0.15) is 0 Å². The Morgan fingerprint density at radius 3 is 2.63 bits per heavy atom. The topological polar surface area (TPSA) is 52.0 Å². The van der Waals surface area contributed by atoms with E-state index in [9.17, 15) is 9.59 Å². The molecule has 4 rings (SSSR count). The third kappa shape index (κ3) is 2.65. The number of rotatable bonds is 3. The predicted octanol–water partition coefficient (Wildman–Crippen LogP) is 4.11. The van der Waals surface area contributed by atoms with E-state index in [2.05, 4.69) is 18.0 Å². The van der Waals surface area contributed by atoms with Gasteiger partial charge in [0.25, 0.3) is 5.56 Å². The van der Waals surface area contributed by atoms with Crippen molar-refractivity contribution in [3.63, 3.8) is 0 Å². The molecule has 0 fully saturated rings. The molecule has 27 heavy (non-hydrogen) atoms. The van der Waals surface area contributed by atoms with Crippen molar-refractivity contribution in [3.8, 4) is 11.1 Å². The third-order valence-corrected chi connectivity index (χ3v) is 5.21. The molecule has 0 atom stereocenters. The van der Waals surface area contributed by atoms with E-state index >= 15 is 0 Å². The fourth-order valence-corrected chi connectivity index (χ4v) is 3.81. The van der Waals surface area contributed by atoms with E-state index in [-0.39, 0.29) is 12.0 Å². The lowest BCUT2D eigenvalue weighted by Crippen LogP contribution is -2.22. The van der Waals surface area contributed by atoms with Crippen LogP contribution in [0.1, 0.15) is 16.8 Å². The average Bonchev–Trinajstić information content (AvgIpc) is 2.67. The average molecular weight is 356 g/mol. The van der Waals surface area contributed by atoms with Crippen molar-refractivity contribution < 1.29 is 4.79 Å². The molecule has 4 heteroatoms. The molecule has 2 aromatic carbocycles. The molecular formula is C23H20N2O2.